The Labute approximate surface area is 94.7 Å². The molecule has 1 aromatic rings. The Balaban J connectivity index is 0.000000853. The third-order valence-electron chi connectivity index (χ3n) is 2.85. The molecule has 2 unspecified atom stereocenters. The third-order valence-corrected chi connectivity index (χ3v) is 3.05. The van der Waals surface area contributed by atoms with Crippen molar-refractivity contribution in [2.75, 3.05) is 18.0 Å². The molecule has 3 fully saturated rings. The van der Waals surface area contributed by atoms with Crippen molar-refractivity contribution in [2.24, 2.45) is 0 Å². The van der Waals surface area contributed by atoms with Gasteiger partial charge in [0.15, 0.2) is 0 Å². The summed E-state index contributed by atoms with van der Waals surface area (Å²) in [4.78, 5) is 10.6. The third kappa shape index (κ3) is 1.92. The zero-order chi connectivity index (χ0) is 9.54. The average molecular weight is 227 g/mol. The van der Waals surface area contributed by atoms with E-state index in [0.717, 1.165) is 18.9 Å². The number of nitrogens with one attached hydrogen (secondary N) is 1. The number of piperazine rings is 1. The molecule has 4 heterocycles. The summed E-state index contributed by atoms with van der Waals surface area (Å²) < 4.78 is 0. The Kier molecular flexibility index (Phi) is 2.80. The van der Waals surface area contributed by atoms with Gasteiger partial charge in [0.25, 0.3) is 0 Å². The van der Waals surface area contributed by atoms with Crippen LogP contribution in [0.3, 0.4) is 0 Å². The minimum atomic E-state index is 0. The van der Waals surface area contributed by atoms with Gasteiger partial charge in [-0.05, 0) is 6.42 Å². The van der Waals surface area contributed by atoms with Crippen LogP contribution < -0.4 is 10.2 Å². The Hall–Kier alpha value is -0.870. The molecule has 3 aliphatic heterocycles. The maximum Gasteiger partial charge on any atom is 0.147 e. The van der Waals surface area contributed by atoms with Crippen LogP contribution in [0.1, 0.15) is 13.8 Å². The van der Waals surface area contributed by atoms with Gasteiger partial charge in [0.1, 0.15) is 11.0 Å². The van der Waals surface area contributed by atoms with Crippen LogP contribution >= 0.6 is 11.6 Å². The molecule has 0 amide bonds. The van der Waals surface area contributed by atoms with Crippen LogP contribution in [0.4, 0.5) is 5.82 Å². The number of halogens is 1. The number of anilines is 1. The van der Waals surface area contributed by atoms with E-state index < -0.39 is 0 Å². The largest absolute Gasteiger partial charge is 0.352 e. The summed E-state index contributed by atoms with van der Waals surface area (Å²) >= 11 is 5.68. The zero-order valence-electron chi connectivity index (χ0n) is 7.65. The maximum absolute atomic E-state index is 5.68. The van der Waals surface area contributed by atoms with E-state index in [2.05, 4.69) is 20.2 Å². The molecule has 0 radical (unpaired) electrons. The Morgan fingerprint density at radius 3 is 2.47 bits per heavy atom. The summed E-state index contributed by atoms with van der Waals surface area (Å²) in [5.74, 6) is 0.936. The highest BCUT2D eigenvalue weighted by molar-refractivity contribution is 6.29. The van der Waals surface area contributed by atoms with Crippen molar-refractivity contribution < 1.29 is 0 Å². The first-order valence-corrected chi connectivity index (χ1v) is 5.17. The first kappa shape index (κ1) is 10.6. The summed E-state index contributed by atoms with van der Waals surface area (Å²) in [5.41, 5.74) is 0. The van der Waals surface area contributed by atoms with Gasteiger partial charge in [-0.1, -0.05) is 19.0 Å². The molecule has 2 atom stereocenters. The number of rotatable bonds is 1. The van der Waals surface area contributed by atoms with Gasteiger partial charge in [-0.3, -0.25) is 0 Å². The van der Waals surface area contributed by atoms with Gasteiger partial charge in [0.05, 0.1) is 12.4 Å². The van der Waals surface area contributed by atoms with E-state index in [1.165, 1.54) is 6.42 Å². The fourth-order valence-corrected chi connectivity index (χ4v) is 2.27. The van der Waals surface area contributed by atoms with Gasteiger partial charge in [0.2, 0.25) is 0 Å². The molecule has 3 saturated heterocycles. The smallest absolute Gasteiger partial charge is 0.147 e. The SMILES string of the molecule is C.Clc1cnc(N2CC3CC(C2)N3)cn1. The second-order valence-corrected chi connectivity index (χ2v) is 4.29. The van der Waals surface area contributed by atoms with Crippen LogP contribution in [-0.2, 0) is 0 Å². The normalized spacial score (nSPS) is 27.9. The molecule has 0 aromatic carbocycles. The molecular formula is C10H15ClN4. The summed E-state index contributed by atoms with van der Waals surface area (Å²) in [6.07, 6.45) is 4.65. The number of hydrogen-bond acceptors (Lipinski definition) is 4. The molecule has 15 heavy (non-hydrogen) atoms. The summed E-state index contributed by atoms with van der Waals surface area (Å²) in [6, 6.07) is 1.29. The molecular weight excluding hydrogens is 212 g/mol. The standard InChI is InChI=1S/C9H11ClN4.CH4/c10-8-2-12-9(3-11-8)14-4-6-1-7(5-14)13-6;/h2-3,6-7,13H,1,4-5H2;1H4. The molecule has 3 aliphatic rings. The molecule has 0 spiro atoms. The zero-order valence-corrected chi connectivity index (χ0v) is 8.41. The molecule has 1 N–H and O–H groups in total. The number of aromatic nitrogens is 2. The fourth-order valence-electron chi connectivity index (χ4n) is 2.17. The summed E-state index contributed by atoms with van der Waals surface area (Å²) in [7, 11) is 0. The molecule has 2 bridgehead atoms. The summed E-state index contributed by atoms with van der Waals surface area (Å²) in [6.45, 7) is 2.07. The first-order chi connectivity index (χ1) is 6.81. The lowest BCUT2D eigenvalue weighted by Crippen LogP contribution is -2.67. The van der Waals surface area contributed by atoms with Crippen LogP contribution in [-0.4, -0.2) is 35.1 Å². The second kappa shape index (κ2) is 3.94. The quantitative estimate of drug-likeness (QED) is 0.784. The Morgan fingerprint density at radius 1 is 1.27 bits per heavy atom. The highest BCUT2D eigenvalue weighted by Crippen LogP contribution is 2.24. The number of piperidine rings is 1. The molecule has 0 aliphatic carbocycles. The van der Waals surface area contributed by atoms with Crippen molar-refractivity contribution in [2.45, 2.75) is 25.9 Å². The van der Waals surface area contributed by atoms with Gasteiger partial charge in [0, 0.05) is 25.2 Å². The van der Waals surface area contributed by atoms with Crippen molar-refractivity contribution in [1.82, 2.24) is 15.3 Å². The average Bonchev–Trinajstić information content (AvgIpc) is 2.18. The van der Waals surface area contributed by atoms with E-state index in [1.807, 2.05) is 0 Å². The van der Waals surface area contributed by atoms with E-state index in [0.29, 0.717) is 17.2 Å². The number of fused-ring (bicyclic) bond motifs is 2. The molecule has 4 rings (SSSR count). The highest BCUT2D eigenvalue weighted by Gasteiger charge is 2.36. The monoisotopic (exact) mass is 226 g/mol. The van der Waals surface area contributed by atoms with E-state index in [1.54, 1.807) is 12.4 Å². The van der Waals surface area contributed by atoms with Gasteiger partial charge < -0.3 is 10.2 Å². The molecule has 4 nitrogen and oxygen atoms in total. The fraction of sp³-hybridized carbons (Fsp3) is 0.600. The minimum absolute atomic E-state index is 0. The lowest BCUT2D eigenvalue weighted by atomic mass is 9.91. The van der Waals surface area contributed by atoms with Gasteiger partial charge in [-0.2, -0.15) is 0 Å². The topological polar surface area (TPSA) is 41.1 Å². The maximum atomic E-state index is 5.68. The predicted octanol–water partition coefficient (Wildman–Crippen LogP) is 1.32. The van der Waals surface area contributed by atoms with Crippen LogP contribution in [0.5, 0.6) is 0 Å². The van der Waals surface area contributed by atoms with Crippen molar-refractivity contribution in [3.63, 3.8) is 0 Å². The van der Waals surface area contributed by atoms with Crippen LogP contribution in [0.2, 0.25) is 5.15 Å². The van der Waals surface area contributed by atoms with Crippen molar-refractivity contribution in [3.8, 4) is 0 Å². The highest BCUT2D eigenvalue weighted by atomic mass is 35.5. The van der Waals surface area contributed by atoms with Gasteiger partial charge >= 0.3 is 0 Å². The number of hydrogen-bond donors (Lipinski definition) is 1. The predicted molar refractivity (Wildman–Crippen MR) is 61.3 cm³/mol. The lowest BCUT2D eigenvalue weighted by Gasteiger charge is -2.48. The van der Waals surface area contributed by atoms with Crippen molar-refractivity contribution in [1.29, 1.82) is 0 Å². The number of nitrogens with zero attached hydrogens (tertiary/aromatic N) is 3. The molecule has 1 aromatic heterocycles. The van der Waals surface area contributed by atoms with Crippen LogP contribution in [0.15, 0.2) is 12.4 Å². The van der Waals surface area contributed by atoms with E-state index in [-0.39, 0.29) is 7.43 Å². The summed E-state index contributed by atoms with van der Waals surface area (Å²) in [5, 5.41) is 3.93. The second-order valence-electron chi connectivity index (χ2n) is 3.90. The van der Waals surface area contributed by atoms with E-state index in [9.17, 15) is 0 Å². The first-order valence-electron chi connectivity index (χ1n) is 4.80. The van der Waals surface area contributed by atoms with E-state index >= 15 is 0 Å². The van der Waals surface area contributed by atoms with Crippen molar-refractivity contribution in [3.05, 3.63) is 17.5 Å². The van der Waals surface area contributed by atoms with Gasteiger partial charge in [-0.25, -0.2) is 9.97 Å². The minimum Gasteiger partial charge on any atom is -0.352 e. The van der Waals surface area contributed by atoms with Crippen LogP contribution in [0, 0.1) is 0 Å². The Morgan fingerprint density at radius 2 is 1.93 bits per heavy atom. The van der Waals surface area contributed by atoms with Gasteiger partial charge in [-0.15, -0.1) is 0 Å². The Bertz CT molecular complexity index is 324. The lowest BCUT2D eigenvalue weighted by molar-refractivity contribution is 0.225. The van der Waals surface area contributed by atoms with E-state index in [4.69, 9.17) is 11.6 Å². The molecule has 0 saturated carbocycles. The van der Waals surface area contributed by atoms with Crippen molar-refractivity contribution >= 4 is 17.4 Å². The molecule has 82 valence electrons. The van der Waals surface area contributed by atoms with Crippen LogP contribution in [0.25, 0.3) is 0 Å². The molecule has 5 heteroatoms.